The molecular formula is C22H19N5O. The molecule has 0 atom stereocenters. The number of aromatic amines is 1. The van der Waals surface area contributed by atoms with Gasteiger partial charge in [0.15, 0.2) is 5.78 Å². The van der Waals surface area contributed by atoms with Crippen LogP contribution in [0.1, 0.15) is 27.3 Å². The quantitative estimate of drug-likeness (QED) is 0.190. The Kier molecular flexibility index (Phi) is 4.16. The standard InChI is InChI=1S/C22H19N5O/c1-12-26-19-11-16(22(24)25)10-18(20(19)27-12)21(28)14-7-5-13(6-8-14)15-3-2-4-17(23)9-15/h2-11H,23H2,1H3,(H3,24,25)(H,26,27). The fourth-order valence-corrected chi connectivity index (χ4v) is 3.26. The Morgan fingerprint density at radius 1 is 1.00 bits per heavy atom. The summed E-state index contributed by atoms with van der Waals surface area (Å²) in [7, 11) is 0. The van der Waals surface area contributed by atoms with Crippen molar-refractivity contribution in [3.63, 3.8) is 0 Å². The Balaban J connectivity index is 1.76. The van der Waals surface area contributed by atoms with Crippen LogP contribution in [0.3, 0.4) is 0 Å². The molecule has 0 saturated heterocycles. The van der Waals surface area contributed by atoms with Crippen LogP contribution in [-0.4, -0.2) is 21.6 Å². The predicted molar refractivity (Wildman–Crippen MR) is 112 cm³/mol. The fourth-order valence-electron chi connectivity index (χ4n) is 3.26. The Morgan fingerprint density at radius 2 is 1.75 bits per heavy atom. The smallest absolute Gasteiger partial charge is 0.195 e. The summed E-state index contributed by atoms with van der Waals surface area (Å²) >= 11 is 0. The minimum atomic E-state index is -0.168. The number of ketones is 1. The summed E-state index contributed by atoms with van der Waals surface area (Å²) in [6.45, 7) is 1.82. The molecule has 6 nitrogen and oxygen atoms in total. The number of rotatable bonds is 4. The van der Waals surface area contributed by atoms with E-state index in [1.165, 1.54) is 0 Å². The molecule has 1 aromatic heterocycles. The highest BCUT2D eigenvalue weighted by atomic mass is 16.1. The van der Waals surface area contributed by atoms with Gasteiger partial charge >= 0.3 is 0 Å². The van der Waals surface area contributed by atoms with Gasteiger partial charge in [-0.05, 0) is 42.3 Å². The molecule has 0 saturated carbocycles. The monoisotopic (exact) mass is 369 g/mol. The lowest BCUT2D eigenvalue weighted by Gasteiger charge is -2.07. The maximum Gasteiger partial charge on any atom is 0.195 e. The number of aryl methyl sites for hydroxylation is 1. The van der Waals surface area contributed by atoms with Crippen LogP contribution < -0.4 is 11.5 Å². The van der Waals surface area contributed by atoms with Crippen molar-refractivity contribution in [1.82, 2.24) is 9.97 Å². The average Bonchev–Trinajstić information content (AvgIpc) is 3.07. The van der Waals surface area contributed by atoms with Gasteiger partial charge in [-0.15, -0.1) is 0 Å². The molecular weight excluding hydrogens is 350 g/mol. The van der Waals surface area contributed by atoms with Crippen molar-refractivity contribution >= 4 is 28.3 Å². The van der Waals surface area contributed by atoms with Crippen LogP contribution in [0.25, 0.3) is 22.2 Å². The number of hydrogen-bond acceptors (Lipinski definition) is 4. The largest absolute Gasteiger partial charge is 0.399 e. The van der Waals surface area contributed by atoms with Gasteiger partial charge < -0.3 is 16.5 Å². The van der Waals surface area contributed by atoms with E-state index >= 15 is 0 Å². The molecule has 6 N–H and O–H groups in total. The number of amidine groups is 1. The Labute approximate surface area is 161 Å². The fraction of sp³-hybridized carbons (Fsp3) is 0.0455. The predicted octanol–water partition coefficient (Wildman–Crippen LogP) is 3.64. The highest BCUT2D eigenvalue weighted by Crippen LogP contribution is 2.25. The number of benzene rings is 3. The van der Waals surface area contributed by atoms with Gasteiger partial charge in [0.1, 0.15) is 11.7 Å². The van der Waals surface area contributed by atoms with Crippen molar-refractivity contribution in [2.75, 3.05) is 5.73 Å². The number of H-pyrrole nitrogens is 1. The Morgan fingerprint density at radius 3 is 2.43 bits per heavy atom. The molecule has 0 fully saturated rings. The topological polar surface area (TPSA) is 122 Å². The van der Waals surface area contributed by atoms with E-state index < -0.39 is 0 Å². The first-order chi connectivity index (χ1) is 13.4. The molecule has 3 aromatic carbocycles. The Hall–Kier alpha value is -3.93. The molecule has 4 rings (SSSR count). The lowest BCUT2D eigenvalue weighted by atomic mass is 9.97. The third-order valence-electron chi connectivity index (χ3n) is 4.63. The number of nitrogens with one attached hydrogen (secondary N) is 2. The zero-order chi connectivity index (χ0) is 19.8. The molecule has 0 radical (unpaired) electrons. The molecule has 0 aliphatic carbocycles. The first kappa shape index (κ1) is 17.5. The van der Waals surface area contributed by atoms with Crippen LogP contribution >= 0.6 is 0 Å². The average molecular weight is 369 g/mol. The maximum atomic E-state index is 13.2. The number of nitrogens with zero attached hydrogens (tertiary/aromatic N) is 1. The van der Waals surface area contributed by atoms with Crippen molar-refractivity contribution in [3.8, 4) is 11.1 Å². The minimum absolute atomic E-state index is 0.0970. The van der Waals surface area contributed by atoms with Crippen LogP contribution in [0, 0.1) is 12.3 Å². The summed E-state index contributed by atoms with van der Waals surface area (Å²) in [5.41, 5.74) is 16.8. The molecule has 0 unspecified atom stereocenters. The molecule has 1 heterocycles. The summed E-state index contributed by atoms with van der Waals surface area (Å²) in [6.07, 6.45) is 0. The third kappa shape index (κ3) is 3.12. The molecule has 4 aromatic rings. The molecule has 0 bridgehead atoms. The molecule has 0 aliphatic heterocycles. The number of imidazole rings is 1. The number of nitrogens with two attached hydrogens (primary N) is 2. The zero-order valence-electron chi connectivity index (χ0n) is 15.3. The van der Waals surface area contributed by atoms with E-state index in [9.17, 15) is 4.79 Å². The second-order valence-corrected chi connectivity index (χ2v) is 6.69. The molecule has 6 heteroatoms. The molecule has 0 amide bonds. The summed E-state index contributed by atoms with van der Waals surface area (Å²) in [5, 5.41) is 7.72. The molecule has 28 heavy (non-hydrogen) atoms. The first-order valence-electron chi connectivity index (χ1n) is 8.78. The van der Waals surface area contributed by atoms with Gasteiger partial charge in [0.25, 0.3) is 0 Å². The van der Waals surface area contributed by atoms with Crippen molar-refractivity contribution in [3.05, 3.63) is 83.2 Å². The number of carbonyl (C=O) groups is 1. The molecule has 0 spiro atoms. The van der Waals surface area contributed by atoms with Crippen LogP contribution in [-0.2, 0) is 0 Å². The van der Waals surface area contributed by atoms with E-state index in [0.717, 1.165) is 11.1 Å². The van der Waals surface area contributed by atoms with E-state index in [-0.39, 0.29) is 11.6 Å². The van der Waals surface area contributed by atoms with Gasteiger partial charge in [-0.1, -0.05) is 36.4 Å². The van der Waals surface area contributed by atoms with E-state index in [1.807, 2.05) is 43.3 Å². The number of aromatic nitrogens is 2. The van der Waals surface area contributed by atoms with Gasteiger partial charge in [0.2, 0.25) is 0 Å². The van der Waals surface area contributed by atoms with E-state index in [4.69, 9.17) is 16.9 Å². The lowest BCUT2D eigenvalue weighted by molar-refractivity contribution is 0.104. The highest BCUT2D eigenvalue weighted by molar-refractivity contribution is 6.17. The summed E-state index contributed by atoms with van der Waals surface area (Å²) < 4.78 is 0. The second kappa shape index (κ2) is 6.66. The lowest BCUT2D eigenvalue weighted by Crippen LogP contribution is -2.13. The normalized spacial score (nSPS) is 10.9. The number of fused-ring (bicyclic) bond motifs is 1. The van der Waals surface area contributed by atoms with Crippen LogP contribution in [0.4, 0.5) is 5.69 Å². The maximum absolute atomic E-state index is 13.2. The third-order valence-corrected chi connectivity index (χ3v) is 4.63. The Bertz CT molecular complexity index is 1220. The van der Waals surface area contributed by atoms with Gasteiger partial charge in [-0.25, -0.2) is 4.98 Å². The number of hydrogen-bond donors (Lipinski definition) is 4. The van der Waals surface area contributed by atoms with Crippen molar-refractivity contribution < 1.29 is 4.79 Å². The second-order valence-electron chi connectivity index (χ2n) is 6.69. The summed E-state index contributed by atoms with van der Waals surface area (Å²) in [6, 6.07) is 18.3. The van der Waals surface area contributed by atoms with Crippen molar-refractivity contribution in [2.45, 2.75) is 6.92 Å². The van der Waals surface area contributed by atoms with Gasteiger partial charge in [0, 0.05) is 16.8 Å². The van der Waals surface area contributed by atoms with Crippen LogP contribution in [0.5, 0.6) is 0 Å². The van der Waals surface area contributed by atoms with Crippen LogP contribution in [0.2, 0.25) is 0 Å². The van der Waals surface area contributed by atoms with Crippen molar-refractivity contribution in [2.24, 2.45) is 5.73 Å². The molecule has 138 valence electrons. The van der Waals surface area contributed by atoms with Crippen molar-refractivity contribution in [1.29, 1.82) is 5.41 Å². The highest BCUT2D eigenvalue weighted by Gasteiger charge is 2.17. The van der Waals surface area contributed by atoms with E-state index in [0.29, 0.717) is 39.2 Å². The van der Waals surface area contributed by atoms with Crippen LogP contribution in [0.15, 0.2) is 60.7 Å². The first-order valence-corrected chi connectivity index (χ1v) is 8.78. The zero-order valence-corrected chi connectivity index (χ0v) is 15.3. The number of nitrogen functional groups attached to an aromatic ring is 2. The van der Waals surface area contributed by atoms with Gasteiger partial charge in [-0.2, -0.15) is 0 Å². The SMILES string of the molecule is Cc1nc2c(C(=O)c3ccc(-c4cccc(N)c4)cc3)cc(C(=N)N)cc2[nH]1. The summed E-state index contributed by atoms with van der Waals surface area (Å²) in [4.78, 5) is 20.7. The summed E-state index contributed by atoms with van der Waals surface area (Å²) in [5.74, 6) is 0.431. The number of carbonyl (C=O) groups excluding carboxylic acids is 1. The van der Waals surface area contributed by atoms with Gasteiger partial charge in [0.05, 0.1) is 16.6 Å². The number of anilines is 1. The van der Waals surface area contributed by atoms with E-state index in [2.05, 4.69) is 9.97 Å². The molecule has 0 aliphatic rings. The van der Waals surface area contributed by atoms with E-state index in [1.54, 1.807) is 24.3 Å². The van der Waals surface area contributed by atoms with Gasteiger partial charge in [-0.3, -0.25) is 10.2 Å². The minimum Gasteiger partial charge on any atom is -0.399 e.